The Labute approximate surface area is 89.7 Å². The van der Waals surface area contributed by atoms with E-state index in [1.54, 1.807) is 29.0 Å². The lowest BCUT2D eigenvalue weighted by molar-refractivity contribution is 0.111. The molecule has 1 rings (SSSR count). The summed E-state index contributed by atoms with van der Waals surface area (Å²) in [6.07, 6.45) is 4.38. The van der Waals surface area contributed by atoms with Crippen molar-refractivity contribution in [3.63, 3.8) is 0 Å². The van der Waals surface area contributed by atoms with E-state index in [1.165, 1.54) is 0 Å². The molecule has 0 radical (unpaired) electrons. The predicted octanol–water partition coefficient (Wildman–Crippen LogP) is 2.71. The third-order valence-corrected chi connectivity index (χ3v) is 1.80. The molecular formula is C12H15NO2. The van der Waals surface area contributed by atoms with Crippen molar-refractivity contribution in [2.75, 3.05) is 6.61 Å². The van der Waals surface area contributed by atoms with E-state index in [9.17, 15) is 4.79 Å². The molecule has 0 saturated heterocycles. The van der Waals surface area contributed by atoms with Gasteiger partial charge in [0.1, 0.15) is 0 Å². The number of rotatable bonds is 5. The second kappa shape index (κ2) is 5.20. The van der Waals surface area contributed by atoms with Gasteiger partial charge in [-0.05, 0) is 26.0 Å². The Morgan fingerprint density at radius 1 is 1.67 bits per heavy atom. The molecule has 0 aliphatic carbocycles. The zero-order chi connectivity index (χ0) is 11.3. The molecule has 3 nitrogen and oxygen atoms in total. The number of allylic oxidation sites excluding steroid dienone is 2. The van der Waals surface area contributed by atoms with Crippen LogP contribution in [0.5, 0.6) is 0 Å². The molecule has 0 spiro atoms. The normalized spacial score (nSPS) is 11.2. The highest BCUT2D eigenvalue weighted by molar-refractivity contribution is 5.74. The molecule has 0 aromatic carbocycles. The minimum Gasteiger partial charge on any atom is -0.479 e. The molecule has 0 saturated carbocycles. The maximum Gasteiger partial charge on any atom is 0.198 e. The van der Waals surface area contributed by atoms with Gasteiger partial charge in [-0.15, -0.1) is 0 Å². The van der Waals surface area contributed by atoms with Crippen LogP contribution >= 0.6 is 0 Å². The maximum atomic E-state index is 10.8. The van der Waals surface area contributed by atoms with Crippen molar-refractivity contribution in [3.05, 3.63) is 42.3 Å². The fraction of sp³-hybridized carbons (Fsp3) is 0.250. The van der Waals surface area contributed by atoms with Crippen molar-refractivity contribution in [2.45, 2.75) is 13.8 Å². The molecule has 0 atom stereocenters. The Morgan fingerprint density at radius 2 is 2.40 bits per heavy atom. The maximum absolute atomic E-state index is 10.8. The monoisotopic (exact) mass is 205 g/mol. The number of carbonyl (C=O) groups is 1. The summed E-state index contributed by atoms with van der Waals surface area (Å²) in [4.78, 5) is 10.8. The molecule has 80 valence electrons. The van der Waals surface area contributed by atoms with Gasteiger partial charge >= 0.3 is 0 Å². The number of hydrogen-bond donors (Lipinski definition) is 0. The first-order valence-corrected chi connectivity index (χ1v) is 4.82. The summed E-state index contributed by atoms with van der Waals surface area (Å²) in [7, 11) is 0. The van der Waals surface area contributed by atoms with E-state index in [4.69, 9.17) is 4.74 Å². The van der Waals surface area contributed by atoms with Crippen LogP contribution in [0.4, 0.5) is 0 Å². The van der Waals surface area contributed by atoms with E-state index in [1.807, 2.05) is 13.8 Å². The van der Waals surface area contributed by atoms with Crippen molar-refractivity contribution in [1.82, 2.24) is 4.57 Å². The van der Waals surface area contributed by atoms with Crippen LogP contribution in [0.25, 0.3) is 5.88 Å². The average molecular weight is 205 g/mol. The zero-order valence-corrected chi connectivity index (χ0v) is 9.06. The fourth-order valence-corrected chi connectivity index (χ4v) is 1.23. The van der Waals surface area contributed by atoms with Gasteiger partial charge in [0.05, 0.1) is 12.3 Å². The van der Waals surface area contributed by atoms with Crippen molar-refractivity contribution in [1.29, 1.82) is 0 Å². The molecule has 1 aromatic heterocycles. The van der Waals surface area contributed by atoms with Crippen LogP contribution < -0.4 is 0 Å². The number of aldehydes is 1. The molecule has 0 bridgehead atoms. The van der Waals surface area contributed by atoms with Crippen molar-refractivity contribution >= 4 is 12.2 Å². The van der Waals surface area contributed by atoms with E-state index in [-0.39, 0.29) is 0 Å². The highest BCUT2D eigenvalue weighted by Gasteiger charge is 2.05. The Hall–Kier alpha value is -1.77. The van der Waals surface area contributed by atoms with E-state index >= 15 is 0 Å². The summed E-state index contributed by atoms with van der Waals surface area (Å²) in [5.41, 5.74) is 1.44. The third kappa shape index (κ3) is 2.84. The second-order valence-corrected chi connectivity index (χ2v) is 3.18. The molecule has 0 amide bonds. The summed E-state index contributed by atoms with van der Waals surface area (Å²) in [6.45, 7) is 8.11. The summed E-state index contributed by atoms with van der Waals surface area (Å²) in [6, 6.07) is 3.54. The van der Waals surface area contributed by atoms with Gasteiger partial charge in [-0.1, -0.05) is 12.2 Å². The minimum atomic E-state index is 0.551. The molecule has 1 aromatic rings. The molecule has 0 aliphatic rings. The van der Waals surface area contributed by atoms with E-state index in [2.05, 4.69) is 6.58 Å². The molecule has 0 fully saturated rings. The van der Waals surface area contributed by atoms with Gasteiger partial charge in [0, 0.05) is 12.3 Å². The SMILES string of the molecule is C=C(C)/C=C(/OCC)n1cccc1C=O. The second-order valence-electron chi connectivity index (χ2n) is 3.18. The summed E-state index contributed by atoms with van der Waals surface area (Å²) < 4.78 is 7.14. The summed E-state index contributed by atoms with van der Waals surface area (Å²) in [5.74, 6) is 0.622. The number of carbonyl (C=O) groups excluding carboxylic acids is 1. The Bertz CT molecular complexity index is 388. The topological polar surface area (TPSA) is 31.2 Å². The van der Waals surface area contributed by atoms with E-state index in [0.29, 0.717) is 18.2 Å². The third-order valence-electron chi connectivity index (χ3n) is 1.80. The van der Waals surface area contributed by atoms with Crippen LogP contribution in [-0.4, -0.2) is 17.5 Å². The van der Waals surface area contributed by atoms with Gasteiger partial charge < -0.3 is 4.74 Å². The van der Waals surface area contributed by atoms with Gasteiger partial charge in [-0.3, -0.25) is 9.36 Å². The molecule has 15 heavy (non-hydrogen) atoms. The van der Waals surface area contributed by atoms with Gasteiger partial charge in [0.25, 0.3) is 0 Å². The molecular weight excluding hydrogens is 190 g/mol. The van der Waals surface area contributed by atoms with Crippen molar-refractivity contribution in [3.8, 4) is 0 Å². The van der Waals surface area contributed by atoms with Gasteiger partial charge in [-0.2, -0.15) is 0 Å². The standard InChI is InChI=1S/C12H15NO2/c1-4-15-12(8-10(2)3)13-7-5-6-11(13)9-14/h5-9H,2,4H2,1,3H3/b12-8+. The lowest BCUT2D eigenvalue weighted by atomic mass is 10.3. The van der Waals surface area contributed by atoms with E-state index in [0.717, 1.165) is 11.9 Å². The van der Waals surface area contributed by atoms with Crippen molar-refractivity contribution < 1.29 is 9.53 Å². The van der Waals surface area contributed by atoms with Crippen LogP contribution in [0, 0.1) is 0 Å². The van der Waals surface area contributed by atoms with Crippen LogP contribution in [0.3, 0.4) is 0 Å². The van der Waals surface area contributed by atoms with Crippen LogP contribution in [-0.2, 0) is 4.74 Å². The van der Waals surface area contributed by atoms with Gasteiger partial charge in [0.15, 0.2) is 12.2 Å². The molecule has 0 aliphatic heterocycles. The number of hydrogen-bond acceptors (Lipinski definition) is 2. The predicted molar refractivity (Wildman–Crippen MR) is 60.5 cm³/mol. The van der Waals surface area contributed by atoms with Gasteiger partial charge in [0.2, 0.25) is 0 Å². The van der Waals surface area contributed by atoms with Crippen LogP contribution in [0.1, 0.15) is 24.3 Å². The Morgan fingerprint density at radius 3 is 2.93 bits per heavy atom. The summed E-state index contributed by atoms with van der Waals surface area (Å²) in [5, 5.41) is 0. The lowest BCUT2D eigenvalue weighted by Gasteiger charge is -2.11. The van der Waals surface area contributed by atoms with Crippen LogP contribution in [0.2, 0.25) is 0 Å². The molecule has 0 N–H and O–H groups in total. The highest BCUT2D eigenvalue weighted by atomic mass is 16.5. The first-order valence-electron chi connectivity index (χ1n) is 4.82. The zero-order valence-electron chi connectivity index (χ0n) is 9.06. The van der Waals surface area contributed by atoms with Gasteiger partial charge in [-0.25, -0.2) is 0 Å². The van der Waals surface area contributed by atoms with Crippen LogP contribution in [0.15, 0.2) is 36.6 Å². The smallest absolute Gasteiger partial charge is 0.198 e. The molecule has 1 heterocycles. The molecule has 0 unspecified atom stereocenters. The first-order chi connectivity index (χ1) is 7.19. The molecule has 3 heteroatoms. The quantitative estimate of drug-likeness (QED) is 0.420. The number of nitrogens with zero attached hydrogens (tertiary/aromatic N) is 1. The fourth-order valence-electron chi connectivity index (χ4n) is 1.23. The average Bonchev–Trinajstić information content (AvgIpc) is 2.64. The number of ether oxygens (including phenoxy) is 1. The van der Waals surface area contributed by atoms with Crippen molar-refractivity contribution in [2.24, 2.45) is 0 Å². The highest BCUT2D eigenvalue weighted by Crippen LogP contribution is 2.13. The first kappa shape index (κ1) is 11.3. The summed E-state index contributed by atoms with van der Waals surface area (Å²) >= 11 is 0. The Kier molecular flexibility index (Phi) is 3.92. The lowest BCUT2D eigenvalue weighted by Crippen LogP contribution is -2.04. The number of aromatic nitrogens is 1. The minimum absolute atomic E-state index is 0.551. The van der Waals surface area contributed by atoms with E-state index < -0.39 is 0 Å². The largest absolute Gasteiger partial charge is 0.479 e. The Balaban J connectivity index is 3.09.